The minimum Gasteiger partial charge on any atom is -0.497 e. The Balaban J connectivity index is 2.32. The van der Waals surface area contributed by atoms with E-state index in [9.17, 15) is 8.42 Å². The summed E-state index contributed by atoms with van der Waals surface area (Å²) in [6.45, 7) is -0.263. The van der Waals surface area contributed by atoms with Crippen LogP contribution in [0, 0.1) is 0 Å². The minimum atomic E-state index is -3.77. The first kappa shape index (κ1) is 15.2. The third-order valence-corrected chi connectivity index (χ3v) is 4.19. The Kier molecular flexibility index (Phi) is 4.39. The number of hydrogen-bond acceptors (Lipinski definition) is 5. The number of rotatable bonds is 6. The number of aromatic amines is 1. The summed E-state index contributed by atoms with van der Waals surface area (Å²) < 4.78 is 37.1. The van der Waals surface area contributed by atoms with Gasteiger partial charge in [-0.3, -0.25) is 4.72 Å². The monoisotopic (exact) mass is 312 g/mol. The third-order valence-electron chi connectivity index (χ3n) is 2.85. The predicted molar refractivity (Wildman–Crippen MR) is 77.1 cm³/mol. The standard InChI is InChI=1S/C13H16N2O5S/c1-19-10-3-4-12(13(6-10)20-2)15-21(17,18)11-5-9(8-16)14-7-11/h3-7,14-16H,8H2,1-2H3. The molecule has 1 heterocycles. The Labute approximate surface area is 122 Å². The van der Waals surface area contributed by atoms with Gasteiger partial charge >= 0.3 is 0 Å². The maximum atomic E-state index is 12.3. The van der Waals surface area contributed by atoms with Crippen molar-refractivity contribution in [3.05, 3.63) is 36.2 Å². The lowest BCUT2D eigenvalue weighted by Gasteiger charge is -2.12. The van der Waals surface area contributed by atoms with Crippen LogP contribution in [0.25, 0.3) is 0 Å². The molecule has 0 aliphatic heterocycles. The molecule has 1 aromatic carbocycles. The summed E-state index contributed by atoms with van der Waals surface area (Å²) in [5.41, 5.74) is 0.710. The van der Waals surface area contributed by atoms with Crippen molar-refractivity contribution >= 4 is 15.7 Å². The highest BCUT2D eigenvalue weighted by molar-refractivity contribution is 7.92. The summed E-state index contributed by atoms with van der Waals surface area (Å²) in [6.07, 6.45) is 1.31. The predicted octanol–water partition coefficient (Wildman–Crippen LogP) is 1.32. The molecule has 7 nitrogen and oxygen atoms in total. The SMILES string of the molecule is COc1ccc(NS(=O)(=O)c2c[nH]c(CO)c2)c(OC)c1. The highest BCUT2D eigenvalue weighted by Gasteiger charge is 2.18. The van der Waals surface area contributed by atoms with E-state index in [1.807, 2.05) is 0 Å². The quantitative estimate of drug-likeness (QED) is 0.747. The van der Waals surface area contributed by atoms with Crippen molar-refractivity contribution in [3.63, 3.8) is 0 Å². The molecule has 0 spiro atoms. The summed E-state index contributed by atoms with van der Waals surface area (Å²) >= 11 is 0. The van der Waals surface area contributed by atoms with Crippen LogP contribution in [0.1, 0.15) is 5.69 Å². The van der Waals surface area contributed by atoms with Gasteiger partial charge in [0.1, 0.15) is 16.4 Å². The average molecular weight is 312 g/mol. The van der Waals surface area contributed by atoms with Gasteiger partial charge in [0.05, 0.1) is 26.5 Å². The topological polar surface area (TPSA) is 101 Å². The first-order chi connectivity index (χ1) is 10.00. The van der Waals surface area contributed by atoms with Crippen LogP contribution in [-0.4, -0.2) is 32.7 Å². The normalized spacial score (nSPS) is 11.2. The second kappa shape index (κ2) is 6.06. The molecule has 0 atom stereocenters. The average Bonchev–Trinajstić information content (AvgIpc) is 2.97. The van der Waals surface area contributed by atoms with Crippen LogP contribution in [0.4, 0.5) is 5.69 Å². The number of hydrogen-bond donors (Lipinski definition) is 3. The number of aliphatic hydroxyl groups is 1. The van der Waals surface area contributed by atoms with Crippen molar-refractivity contribution < 1.29 is 23.0 Å². The molecular formula is C13H16N2O5S. The molecule has 0 fully saturated rings. The van der Waals surface area contributed by atoms with E-state index in [1.54, 1.807) is 18.2 Å². The summed E-state index contributed by atoms with van der Waals surface area (Å²) in [5, 5.41) is 8.97. The highest BCUT2D eigenvalue weighted by atomic mass is 32.2. The van der Waals surface area contributed by atoms with Crippen LogP contribution in [-0.2, 0) is 16.6 Å². The molecule has 2 rings (SSSR count). The maximum Gasteiger partial charge on any atom is 0.263 e. The molecule has 8 heteroatoms. The van der Waals surface area contributed by atoms with Gasteiger partial charge in [-0.05, 0) is 18.2 Å². The molecule has 21 heavy (non-hydrogen) atoms. The Morgan fingerprint density at radius 3 is 2.57 bits per heavy atom. The molecule has 0 aliphatic carbocycles. The van der Waals surface area contributed by atoms with Gasteiger partial charge in [0.2, 0.25) is 0 Å². The summed E-state index contributed by atoms with van der Waals surface area (Å²) in [4.78, 5) is 2.71. The number of sulfonamides is 1. The largest absolute Gasteiger partial charge is 0.497 e. The fourth-order valence-electron chi connectivity index (χ4n) is 1.75. The Morgan fingerprint density at radius 1 is 1.24 bits per heavy atom. The van der Waals surface area contributed by atoms with Crippen molar-refractivity contribution in [1.82, 2.24) is 4.98 Å². The molecule has 0 radical (unpaired) electrons. The zero-order valence-electron chi connectivity index (χ0n) is 11.6. The lowest BCUT2D eigenvalue weighted by molar-refractivity contribution is 0.277. The molecular weight excluding hydrogens is 296 g/mol. The van der Waals surface area contributed by atoms with Crippen molar-refractivity contribution in [3.8, 4) is 11.5 Å². The molecule has 1 aromatic heterocycles. The third kappa shape index (κ3) is 3.29. The number of ether oxygens (including phenoxy) is 2. The maximum absolute atomic E-state index is 12.3. The molecule has 2 aromatic rings. The summed E-state index contributed by atoms with van der Waals surface area (Å²) in [5.74, 6) is 0.898. The lowest BCUT2D eigenvalue weighted by atomic mass is 10.3. The highest BCUT2D eigenvalue weighted by Crippen LogP contribution is 2.30. The van der Waals surface area contributed by atoms with Crippen molar-refractivity contribution in [2.75, 3.05) is 18.9 Å². The Morgan fingerprint density at radius 2 is 2.00 bits per heavy atom. The second-order valence-electron chi connectivity index (χ2n) is 4.19. The zero-order valence-corrected chi connectivity index (χ0v) is 12.4. The number of benzene rings is 1. The van der Waals surface area contributed by atoms with E-state index in [0.29, 0.717) is 22.9 Å². The van der Waals surface area contributed by atoms with Gasteiger partial charge in [-0.1, -0.05) is 0 Å². The number of methoxy groups -OCH3 is 2. The van der Waals surface area contributed by atoms with E-state index in [4.69, 9.17) is 14.6 Å². The van der Waals surface area contributed by atoms with Crippen LogP contribution >= 0.6 is 0 Å². The van der Waals surface area contributed by atoms with Gasteiger partial charge in [0.25, 0.3) is 10.0 Å². The van der Waals surface area contributed by atoms with Crippen molar-refractivity contribution in [2.45, 2.75) is 11.5 Å². The molecule has 3 N–H and O–H groups in total. The number of nitrogens with one attached hydrogen (secondary N) is 2. The first-order valence-corrected chi connectivity index (χ1v) is 7.51. The van der Waals surface area contributed by atoms with E-state index in [2.05, 4.69) is 9.71 Å². The molecule has 0 bridgehead atoms. The lowest BCUT2D eigenvalue weighted by Crippen LogP contribution is -2.13. The van der Waals surface area contributed by atoms with Gasteiger partial charge in [0, 0.05) is 18.0 Å². The van der Waals surface area contributed by atoms with Crippen LogP contribution in [0.3, 0.4) is 0 Å². The van der Waals surface area contributed by atoms with E-state index < -0.39 is 10.0 Å². The number of anilines is 1. The number of aliphatic hydroxyl groups excluding tert-OH is 1. The van der Waals surface area contributed by atoms with E-state index >= 15 is 0 Å². The van der Waals surface area contributed by atoms with Crippen molar-refractivity contribution in [2.24, 2.45) is 0 Å². The molecule has 0 unspecified atom stereocenters. The number of H-pyrrole nitrogens is 1. The van der Waals surface area contributed by atoms with Gasteiger partial charge in [-0.2, -0.15) is 0 Å². The smallest absolute Gasteiger partial charge is 0.263 e. The first-order valence-electron chi connectivity index (χ1n) is 6.03. The van der Waals surface area contributed by atoms with Crippen LogP contribution in [0.15, 0.2) is 35.4 Å². The summed E-state index contributed by atoms with van der Waals surface area (Å²) in [7, 11) is -0.822. The summed E-state index contributed by atoms with van der Waals surface area (Å²) in [6, 6.07) is 6.11. The fourth-order valence-corrected chi connectivity index (χ4v) is 2.84. The fraction of sp³-hybridized carbons (Fsp3) is 0.231. The van der Waals surface area contributed by atoms with Crippen molar-refractivity contribution in [1.29, 1.82) is 0 Å². The molecule has 0 aliphatic rings. The van der Waals surface area contributed by atoms with Gasteiger partial charge in [-0.25, -0.2) is 8.42 Å². The molecule has 0 amide bonds. The molecule has 0 saturated heterocycles. The second-order valence-corrected chi connectivity index (χ2v) is 5.87. The van der Waals surface area contributed by atoms with Crippen LogP contribution in [0.2, 0.25) is 0 Å². The van der Waals surface area contributed by atoms with Gasteiger partial charge in [0.15, 0.2) is 0 Å². The van der Waals surface area contributed by atoms with Gasteiger partial charge in [-0.15, -0.1) is 0 Å². The van der Waals surface area contributed by atoms with Crippen LogP contribution < -0.4 is 14.2 Å². The molecule has 0 saturated carbocycles. The van der Waals surface area contributed by atoms with Crippen LogP contribution in [0.5, 0.6) is 11.5 Å². The Hall–Kier alpha value is -2.19. The molecule has 114 valence electrons. The van der Waals surface area contributed by atoms with E-state index in [1.165, 1.54) is 26.5 Å². The minimum absolute atomic E-state index is 0.0319. The van der Waals surface area contributed by atoms with E-state index in [0.717, 1.165) is 0 Å². The zero-order chi connectivity index (χ0) is 15.5. The number of aromatic nitrogens is 1. The van der Waals surface area contributed by atoms with E-state index in [-0.39, 0.29) is 11.5 Å². The Bertz CT molecular complexity index is 724. The van der Waals surface area contributed by atoms with Gasteiger partial charge < -0.3 is 19.6 Å².